The molecule has 0 saturated heterocycles. The van der Waals surface area contributed by atoms with Crippen molar-refractivity contribution < 1.29 is 9.53 Å². The highest BCUT2D eigenvalue weighted by Gasteiger charge is 2.11. The molecule has 0 bridgehead atoms. The van der Waals surface area contributed by atoms with Gasteiger partial charge in [-0.1, -0.05) is 6.07 Å². The van der Waals surface area contributed by atoms with Crippen molar-refractivity contribution in [1.82, 2.24) is 20.2 Å². The van der Waals surface area contributed by atoms with Gasteiger partial charge in [-0.05, 0) is 64.0 Å². The Labute approximate surface area is 143 Å². The Bertz CT molecular complexity index is 917. The molecule has 0 saturated carbocycles. The Hall–Kier alpha value is -3.48. The number of nitrogens with zero attached hydrogens (tertiary/aromatic N) is 4. The first kappa shape index (κ1) is 15.1. The topological polar surface area (TPSA) is 81.9 Å². The monoisotopic (exact) mass is 333 g/mol. The van der Waals surface area contributed by atoms with E-state index in [4.69, 9.17) is 4.74 Å². The molecule has 0 spiro atoms. The number of rotatable bonds is 4. The number of nitrogens with one attached hydrogen (secondary N) is 1. The highest BCUT2D eigenvalue weighted by atomic mass is 16.5. The molecule has 4 rings (SSSR count). The summed E-state index contributed by atoms with van der Waals surface area (Å²) < 4.78 is 7.02. The van der Waals surface area contributed by atoms with Gasteiger partial charge in [0.2, 0.25) is 5.91 Å². The summed E-state index contributed by atoms with van der Waals surface area (Å²) in [6.07, 6.45) is 5.74. The number of carbonyl (C=O) groups excluding carboxylic acids is 1. The Morgan fingerprint density at radius 3 is 2.88 bits per heavy atom. The number of ether oxygens (including phenoxy) is 1. The summed E-state index contributed by atoms with van der Waals surface area (Å²) in [4.78, 5) is 12.1. The van der Waals surface area contributed by atoms with Crippen LogP contribution in [0.4, 0.5) is 5.69 Å². The molecule has 0 aliphatic carbocycles. The first-order valence-electron chi connectivity index (χ1n) is 7.86. The molecule has 1 aliphatic rings. The van der Waals surface area contributed by atoms with Crippen LogP contribution in [0.5, 0.6) is 5.75 Å². The first-order valence-corrected chi connectivity index (χ1v) is 7.86. The van der Waals surface area contributed by atoms with Gasteiger partial charge in [0.25, 0.3) is 0 Å². The van der Waals surface area contributed by atoms with E-state index in [9.17, 15) is 4.79 Å². The van der Waals surface area contributed by atoms with Crippen molar-refractivity contribution in [3.8, 4) is 11.4 Å². The molecule has 0 atom stereocenters. The van der Waals surface area contributed by atoms with E-state index in [2.05, 4.69) is 20.8 Å². The van der Waals surface area contributed by atoms with E-state index in [0.717, 1.165) is 30.0 Å². The van der Waals surface area contributed by atoms with E-state index in [1.165, 1.54) is 18.0 Å². The van der Waals surface area contributed by atoms with Gasteiger partial charge in [-0.3, -0.25) is 4.79 Å². The van der Waals surface area contributed by atoms with E-state index < -0.39 is 0 Å². The van der Waals surface area contributed by atoms with Crippen LogP contribution in [0, 0.1) is 0 Å². The van der Waals surface area contributed by atoms with Gasteiger partial charge in [-0.25, -0.2) is 4.68 Å². The molecule has 2 aromatic carbocycles. The SMILES string of the molecule is O=C(/C=C/c1ccc2c(c1)CCO2)Nc1ccc(-n2cnnn2)cc1. The molecule has 124 valence electrons. The Morgan fingerprint density at radius 1 is 1.20 bits per heavy atom. The molecular weight excluding hydrogens is 318 g/mol. The molecule has 0 unspecified atom stereocenters. The molecule has 1 amide bonds. The largest absolute Gasteiger partial charge is 0.493 e. The van der Waals surface area contributed by atoms with Gasteiger partial charge in [0.05, 0.1) is 12.3 Å². The number of fused-ring (bicyclic) bond motifs is 1. The van der Waals surface area contributed by atoms with Gasteiger partial charge in [0.15, 0.2) is 0 Å². The number of hydrogen-bond acceptors (Lipinski definition) is 5. The van der Waals surface area contributed by atoms with E-state index >= 15 is 0 Å². The third-order valence-corrected chi connectivity index (χ3v) is 3.89. The first-order chi connectivity index (χ1) is 12.3. The summed E-state index contributed by atoms with van der Waals surface area (Å²) in [5.74, 6) is 0.746. The lowest BCUT2D eigenvalue weighted by molar-refractivity contribution is -0.111. The zero-order valence-corrected chi connectivity index (χ0v) is 13.3. The molecule has 0 fully saturated rings. The number of anilines is 1. The van der Waals surface area contributed by atoms with Crippen molar-refractivity contribution in [2.24, 2.45) is 0 Å². The van der Waals surface area contributed by atoms with Crippen LogP contribution in [-0.4, -0.2) is 32.7 Å². The summed E-state index contributed by atoms with van der Waals surface area (Å²) in [7, 11) is 0. The van der Waals surface area contributed by atoms with Crippen molar-refractivity contribution in [2.45, 2.75) is 6.42 Å². The third-order valence-electron chi connectivity index (χ3n) is 3.89. The lowest BCUT2D eigenvalue weighted by atomic mass is 10.1. The van der Waals surface area contributed by atoms with Crippen molar-refractivity contribution in [1.29, 1.82) is 0 Å². The molecular formula is C18H15N5O2. The van der Waals surface area contributed by atoms with Crippen LogP contribution in [0.25, 0.3) is 11.8 Å². The fourth-order valence-corrected chi connectivity index (χ4v) is 2.64. The molecule has 1 N–H and O–H groups in total. The Morgan fingerprint density at radius 2 is 2.08 bits per heavy atom. The molecule has 25 heavy (non-hydrogen) atoms. The summed E-state index contributed by atoms with van der Waals surface area (Å²) in [5.41, 5.74) is 3.68. The van der Waals surface area contributed by atoms with Gasteiger partial charge in [-0.2, -0.15) is 0 Å². The van der Waals surface area contributed by atoms with E-state index in [1.807, 2.05) is 30.3 Å². The maximum absolute atomic E-state index is 12.1. The number of tetrazole rings is 1. The molecule has 2 heterocycles. The summed E-state index contributed by atoms with van der Waals surface area (Å²) >= 11 is 0. The molecule has 1 aliphatic heterocycles. The molecule has 0 radical (unpaired) electrons. The lowest BCUT2D eigenvalue weighted by Crippen LogP contribution is -2.07. The quantitative estimate of drug-likeness (QED) is 0.741. The second kappa shape index (κ2) is 6.56. The van der Waals surface area contributed by atoms with Crippen LogP contribution >= 0.6 is 0 Å². The molecule has 7 heteroatoms. The van der Waals surface area contributed by atoms with Crippen LogP contribution in [0.1, 0.15) is 11.1 Å². The summed E-state index contributed by atoms with van der Waals surface area (Å²) in [6, 6.07) is 13.2. The number of aromatic nitrogens is 4. The average Bonchev–Trinajstić information content (AvgIpc) is 3.32. The second-order valence-corrected chi connectivity index (χ2v) is 5.59. The normalized spacial score (nSPS) is 12.8. The number of hydrogen-bond donors (Lipinski definition) is 1. The van der Waals surface area contributed by atoms with Gasteiger partial charge in [0, 0.05) is 18.2 Å². The van der Waals surface area contributed by atoms with E-state index in [0.29, 0.717) is 5.69 Å². The van der Waals surface area contributed by atoms with Gasteiger partial charge < -0.3 is 10.1 Å². The molecule has 3 aromatic rings. The number of amides is 1. The van der Waals surface area contributed by atoms with Crippen molar-refractivity contribution in [3.05, 3.63) is 66.0 Å². The standard InChI is InChI=1S/C18H15N5O2/c24-18(8-2-13-1-7-17-14(11-13)9-10-25-17)20-15-3-5-16(6-4-15)23-12-19-21-22-23/h1-8,11-12H,9-10H2,(H,20,24)/b8-2+. The van der Waals surface area contributed by atoms with Crippen LogP contribution in [-0.2, 0) is 11.2 Å². The minimum atomic E-state index is -0.188. The van der Waals surface area contributed by atoms with Crippen molar-refractivity contribution >= 4 is 17.7 Å². The highest BCUT2D eigenvalue weighted by molar-refractivity contribution is 6.01. The van der Waals surface area contributed by atoms with Crippen LogP contribution in [0.2, 0.25) is 0 Å². The van der Waals surface area contributed by atoms with Crippen molar-refractivity contribution in [3.63, 3.8) is 0 Å². The van der Waals surface area contributed by atoms with Gasteiger partial charge in [0.1, 0.15) is 12.1 Å². The lowest BCUT2D eigenvalue weighted by Gasteiger charge is -2.04. The minimum absolute atomic E-state index is 0.188. The smallest absolute Gasteiger partial charge is 0.248 e. The van der Waals surface area contributed by atoms with Gasteiger partial charge in [-0.15, -0.1) is 5.10 Å². The van der Waals surface area contributed by atoms with Crippen molar-refractivity contribution in [2.75, 3.05) is 11.9 Å². The van der Waals surface area contributed by atoms with Crippen LogP contribution in [0.3, 0.4) is 0 Å². The van der Waals surface area contributed by atoms with Crippen LogP contribution < -0.4 is 10.1 Å². The predicted molar refractivity (Wildman–Crippen MR) is 92.5 cm³/mol. The van der Waals surface area contributed by atoms with E-state index in [1.54, 1.807) is 22.9 Å². The fourth-order valence-electron chi connectivity index (χ4n) is 2.64. The number of carbonyl (C=O) groups is 1. The molecule has 1 aromatic heterocycles. The summed E-state index contributed by atoms with van der Waals surface area (Å²) in [6.45, 7) is 0.726. The Balaban J connectivity index is 1.40. The van der Waals surface area contributed by atoms with E-state index in [-0.39, 0.29) is 5.91 Å². The van der Waals surface area contributed by atoms with Crippen LogP contribution in [0.15, 0.2) is 54.9 Å². The number of benzene rings is 2. The maximum Gasteiger partial charge on any atom is 0.248 e. The Kier molecular flexibility index (Phi) is 3.96. The molecule has 7 nitrogen and oxygen atoms in total. The highest BCUT2D eigenvalue weighted by Crippen LogP contribution is 2.26. The summed E-state index contributed by atoms with van der Waals surface area (Å²) in [5, 5.41) is 13.8. The second-order valence-electron chi connectivity index (χ2n) is 5.59. The zero-order chi connectivity index (χ0) is 17.1. The van der Waals surface area contributed by atoms with Gasteiger partial charge >= 0.3 is 0 Å². The zero-order valence-electron chi connectivity index (χ0n) is 13.3. The fraction of sp³-hybridized carbons (Fsp3) is 0.111. The maximum atomic E-state index is 12.1. The minimum Gasteiger partial charge on any atom is -0.493 e. The predicted octanol–water partition coefficient (Wildman–Crippen LogP) is 2.25. The average molecular weight is 333 g/mol. The third kappa shape index (κ3) is 3.40.